The Balaban J connectivity index is 1.35. The summed E-state index contributed by atoms with van der Waals surface area (Å²) in [7, 11) is 0. The van der Waals surface area contributed by atoms with Crippen LogP contribution < -0.4 is 0 Å². The molecule has 234 valence electrons. The quantitative estimate of drug-likeness (QED) is 0.188. The predicted octanol–water partition coefficient (Wildman–Crippen LogP) is 11.7. The van der Waals surface area contributed by atoms with Gasteiger partial charge in [-0.25, -0.2) is 9.97 Å². The zero-order chi connectivity index (χ0) is 33.0. The molecule has 10 rings (SSSR count). The summed E-state index contributed by atoms with van der Waals surface area (Å²) in [5, 5.41) is 4.69. The minimum absolute atomic E-state index is 0.644. The zero-order valence-corrected chi connectivity index (χ0v) is 27.1. The lowest BCUT2D eigenvalue weighted by atomic mass is 10.0. The van der Waals surface area contributed by atoms with Crippen molar-refractivity contribution in [2.75, 3.05) is 0 Å². The van der Waals surface area contributed by atoms with E-state index in [1.807, 2.05) is 12.1 Å². The van der Waals surface area contributed by atoms with Gasteiger partial charge in [-0.05, 0) is 35.9 Å². The van der Waals surface area contributed by atoms with Gasteiger partial charge < -0.3 is 4.57 Å². The van der Waals surface area contributed by atoms with E-state index in [-0.39, 0.29) is 0 Å². The van der Waals surface area contributed by atoms with E-state index >= 15 is 0 Å². The molecule has 0 fully saturated rings. The van der Waals surface area contributed by atoms with E-state index in [0.717, 1.165) is 50.3 Å². The maximum absolute atomic E-state index is 5.32. The maximum atomic E-state index is 5.32. The third-order valence-electron chi connectivity index (χ3n) is 9.75. The molecular formula is C46H30N4. The van der Waals surface area contributed by atoms with Crippen LogP contribution in [-0.2, 0) is 0 Å². The fourth-order valence-corrected chi connectivity index (χ4v) is 7.55. The molecule has 50 heavy (non-hydrogen) atoms. The van der Waals surface area contributed by atoms with Gasteiger partial charge in [0.15, 0.2) is 0 Å². The molecule has 0 saturated heterocycles. The number of aromatic nitrogens is 4. The number of benzene rings is 7. The van der Waals surface area contributed by atoms with Crippen LogP contribution in [0.1, 0.15) is 0 Å². The van der Waals surface area contributed by atoms with Crippen LogP contribution in [0.5, 0.6) is 0 Å². The first-order chi connectivity index (χ1) is 24.8. The summed E-state index contributed by atoms with van der Waals surface area (Å²) in [4.78, 5) is 10.6. The van der Waals surface area contributed by atoms with Crippen molar-refractivity contribution in [1.29, 1.82) is 0 Å². The number of hydrogen-bond donors (Lipinski definition) is 0. The normalized spacial score (nSPS) is 11.6. The highest BCUT2D eigenvalue weighted by Gasteiger charge is 2.23. The van der Waals surface area contributed by atoms with Crippen LogP contribution >= 0.6 is 0 Å². The van der Waals surface area contributed by atoms with Gasteiger partial charge in [-0.15, -0.1) is 0 Å². The summed E-state index contributed by atoms with van der Waals surface area (Å²) in [5.41, 5.74) is 11.8. The molecule has 0 unspecified atom stereocenters. The van der Waals surface area contributed by atoms with E-state index in [4.69, 9.17) is 9.97 Å². The lowest BCUT2D eigenvalue weighted by Crippen LogP contribution is -2.04. The Morgan fingerprint density at radius 2 is 0.880 bits per heavy atom. The molecule has 3 aromatic heterocycles. The first-order valence-electron chi connectivity index (χ1n) is 16.9. The monoisotopic (exact) mass is 638 g/mol. The standard InChI is InChI=1S/C46H30N4/c1-4-16-31(17-5-1)34-22-10-13-25-40(34)49-42-27-15-12-24-37(42)44-43(49)29-28-36-35-23-11-14-26-41(35)50(45(36)44)46-47-38(32-18-6-2-7-19-32)30-39(48-46)33-20-8-3-9-21-33/h1-30H. The van der Waals surface area contributed by atoms with Crippen LogP contribution in [0.3, 0.4) is 0 Å². The second-order valence-electron chi connectivity index (χ2n) is 12.6. The number of fused-ring (bicyclic) bond motifs is 7. The van der Waals surface area contributed by atoms with E-state index in [1.165, 1.54) is 32.7 Å². The van der Waals surface area contributed by atoms with E-state index in [1.54, 1.807) is 0 Å². The van der Waals surface area contributed by atoms with Gasteiger partial charge in [-0.3, -0.25) is 4.57 Å². The Kier molecular flexibility index (Phi) is 6.46. The van der Waals surface area contributed by atoms with Gasteiger partial charge in [-0.2, -0.15) is 0 Å². The molecule has 0 saturated carbocycles. The van der Waals surface area contributed by atoms with Gasteiger partial charge in [0.2, 0.25) is 5.95 Å². The molecule has 3 heterocycles. The fourth-order valence-electron chi connectivity index (χ4n) is 7.55. The van der Waals surface area contributed by atoms with Gasteiger partial charge >= 0.3 is 0 Å². The van der Waals surface area contributed by atoms with Crippen molar-refractivity contribution < 1.29 is 0 Å². The molecule has 0 amide bonds. The van der Waals surface area contributed by atoms with Crippen LogP contribution in [0.15, 0.2) is 182 Å². The van der Waals surface area contributed by atoms with Crippen molar-refractivity contribution in [3.8, 4) is 45.3 Å². The molecule has 7 aromatic carbocycles. The Labute approximate surface area is 289 Å². The van der Waals surface area contributed by atoms with E-state index in [9.17, 15) is 0 Å². The summed E-state index contributed by atoms with van der Waals surface area (Å²) in [5.74, 6) is 0.644. The van der Waals surface area contributed by atoms with Crippen molar-refractivity contribution in [2.24, 2.45) is 0 Å². The minimum Gasteiger partial charge on any atom is -0.309 e. The molecule has 4 nitrogen and oxygen atoms in total. The summed E-state index contributed by atoms with van der Waals surface area (Å²) in [6.45, 7) is 0. The van der Waals surface area contributed by atoms with Crippen molar-refractivity contribution in [3.63, 3.8) is 0 Å². The highest BCUT2D eigenvalue weighted by atomic mass is 15.2. The summed E-state index contributed by atoms with van der Waals surface area (Å²) >= 11 is 0. The van der Waals surface area contributed by atoms with E-state index in [2.05, 4.69) is 179 Å². The van der Waals surface area contributed by atoms with Gasteiger partial charge in [0.25, 0.3) is 0 Å². The molecular weight excluding hydrogens is 609 g/mol. The van der Waals surface area contributed by atoms with Crippen LogP contribution in [0, 0.1) is 0 Å². The van der Waals surface area contributed by atoms with Crippen LogP contribution in [-0.4, -0.2) is 19.1 Å². The molecule has 10 aromatic rings. The lowest BCUT2D eigenvalue weighted by Gasteiger charge is -2.14. The Bertz CT molecular complexity index is 2790. The van der Waals surface area contributed by atoms with E-state index < -0.39 is 0 Å². The van der Waals surface area contributed by atoms with Crippen LogP contribution in [0.4, 0.5) is 0 Å². The third kappa shape index (κ3) is 4.39. The Hall–Kier alpha value is -6.78. The second-order valence-corrected chi connectivity index (χ2v) is 12.6. The lowest BCUT2D eigenvalue weighted by molar-refractivity contribution is 0.998. The molecule has 0 aliphatic carbocycles. The van der Waals surface area contributed by atoms with Crippen molar-refractivity contribution in [2.45, 2.75) is 0 Å². The summed E-state index contributed by atoms with van der Waals surface area (Å²) in [6, 6.07) is 64.2. The Morgan fingerprint density at radius 3 is 1.54 bits per heavy atom. The molecule has 0 N–H and O–H groups in total. The summed E-state index contributed by atoms with van der Waals surface area (Å²) < 4.78 is 4.71. The number of para-hydroxylation sites is 3. The van der Waals surface area contributed by atoms with Gasteiger partial charge in [0.1, 0.15) is 0 Å². The summed E-state index contributed by atoms with van der Waals surface area (Å²) in [6.07, 6.45) is 0. The highest BCUT2D eigenvalue weighted by molar-refractivity contribution is 6.26. The molecule has 0 bridgehead atoms. The average Bonchev–Trinajstić information content (AvgIpc) is 3.72. The van der Waals surface area contributed by atoms with Crippen molar-refractivity contribution in [3.05, 3.63) is 182 Å². The molecule has 4 heteroatoms. The Morgan fingerprint density at radius 1 is 0.360 bits per heavy atom. The van der Waals surface area contributed by atoms with E-state index in [0.29, 0.717) is 5.95 Å². The molecule has 0 spiro atoms. The second kappa shape index (κ2) is 11.4. The minimum atomic E-state index is 0.644. The first kappa shape index (κ1) is 28.3. The highest BCUT2D eigenvalue weighted by Crippen LogP contribution is 2.43. The maximum Gasteiger partial charge on any atom is 0.235 e. The van der Waals surface area contributed by atoms with Gasteiger partial charge in [0, 0.05) is 38.2 Å². The number of nitrogens with zero attached hydrogens (tertiary/aromatic N) is 4. The van der Waals surface area contributed by atoms with Gasteiger partial charge in [-0.1, -0.05) is 152 Å². The number of rotatable bonds is 5. The third-order valence-corrected chi connectivity index (χ3v) is 9.75. The van der Waals surface area contributed by atoms with Crippen molar-refractivity contribution in [1.82, 2.24) is 19.1 Å². The largest absolute Gasteiger partial charge is 0.309 e. The fraction of sp³-hybridized carbons (Fsp3) is 0. The average molecular weight is 639 g/mol. The van der Waals surface area contributed by atoms with Crippen LogP contribution in [0.25, 0.3) is 88.9 Å². The first-order valence-corrected chi connectivity index (χ1v) is 16.9. The van der Waals surface area contributed by atoms with Gasteiger partial charge in [0.05, 0.1) is 39.1 Å². The molecule has 0 radical (unpaired) electrons. The predicted molar refractivity (Wildman–Crippen MR) is 207 cm³/mol. The topological polar surface area (TPSA) is 35.6 Å². The number of hydrogen-bond acceptors (Lipinski definition) is 2. The van der Waals surface area contributed by atoms with Crippen molar-refractivity contribution >= 4 is 43.6 Å². The zero-order valence-electron chi connectivity index (χ0n) is 27.1. The molecule has 0 aliphatic heterocycles. The smallest absolute Gasteiger partial charge is 0.235 e. The molecule has 0 aliphatic rings. The van der Waals surface area contributed by atoms with Crippen LogP contribution in [0.2, 0.25) is 0 Å². The SMILES string of the molecule is c1ccc(-c2cc(-c3ccccc3)nc(-n3c4ccccc4c4ccc5c(c6ccccc6n5-c5ccccc5-c5ccccc5)c43)n2)cc1. The molecule has 0 atom stereocenters.